The molecular weight excluding hydrogens is 320 g/mol. The normalized spacial score (nSPS) is 16.3. The van der Waals surface area contributed by atoms with Crippen molar-refractivity contribution in [1.29, 1.82) is 0 Å². The predicted molar refractivity (Wildman–Crippen MR) is 92.2 cm³/mol. The van der Waals surface area contributed by atoms with Gasteiger partial charge in [-0.2, -0.15) is 0 Å². The van der Waals surface area contributed by atoms with Gasteiger partial charge >= 0.3 is 0 Å². The maximum atomic E-state index is 9.51. The first-order valence-electron chi connectivity index (χ1n) is 7.60. The molecule has 1 aromatic carbocycles. The molecule has 0 aliphatic carbocycles. The van der Waals surface area contributed by atoms with Crippen LogP contribution in [-0.2, 0) is 0 Å². The molecular formula is C16H27ClN2O4. The topological polar surface area (TPSA) is 63.2 Å². The fraction of sp³-hybridized carbons (Fsp3) is 0.625. The van der Waals surface area contributed by atoms with Crippen molar-refractivity contribution >= 4 is 12.4 Å². The maximum absolute atomic E-state index is 9.51. The molecule has 1 fully saturated rings. The number of benzene rings is 1. The van der Waals surface area contributed by atoms with Crippen LogP contribution in [0, 0.1) is 0 Å². The Kier molecular flexibility index (Phi) is 8.47. The van der Waals surface area contributed by atoms with Gasteiger partial charge in [-0.3, -0.25) is 4.90 Å². The van der Waals surface area contributed by atoms with Gasteiger partial charge in [0.05, 0.1) is 26.9 Å². The number of rotatable bonds is 7. The van der Waals surface area contributed by atoms with Gasteiger partial charge in [-0.05, 0) is 6.42 Å². The van der Waals surface area contributed by atoms with Gasteiger partial charge in [-0.1, -0.05) is 0 Å². The molecule has 0 saturated carbocycles. The van der Waals surface area contributed by atoms with Crippen LogP contribution in [0.15, 0.2) is 12.1 Å². The Labute approximate surface area is 144 Å². The molecule has 0 radical (unpaired) electrons. The van der Waals surface area contributed by atoms with Crippen molar-refractivity contribution in [2.75, 3.05) is 54.1 Å². The predicted octanol–water partition coefficient (Wildman–Crippen LogP) is 1.46. The molecule has 132 valence electrons. The van der Waals surface area contributed by atoms with Crippen molar-refractivity contribution in [3.8, 4) is 17.2 Å². The second-order valence-corrected chi connectivity index (χ2v) is 5.26. The summed E-state index contributed by atoms with van der Waals surface area (Å²) in [5, 5.41) is 12.9. The number of nitrogens with zero attached hydrogens (tertiary/aromatic N) is 1. The molecule has 7 heteroatoms. The Bertz CT molecular complexity index is 456. The standard InChI is InChI=1S/C16H26N2O4.ClH/c1-20-12-10-14(21-2)16(15(11-12)22-3)13(4-9-19)18-7-5-17-6-8-18;/h10-11,13,17,19H,4-9H2,1-3H3;1H/t13-;/m0./s1. The molecule has 0 aromatic heterocycles. The van der Waals surface area contributed by atoms with Crippen molar-refractivity contribution in [2.45, 2.75) is 12.5 Å². The third-order valence-corrected chi connectivity index (χ3v) is 4.08. The Balaban J connectivity index is 0.00000264. The second kappa shape index (κ2) is 9.82. The summed E-state index contributed by atoms with van der Waals surface area (Å²) in [6.45, 7) is 3.88. The maximum Gasteiger partial charge on any atom is 0.131 e. The third kappa shape index (κ3) is 4.64. The first kappa shape index (κ1) is 19.8. The van der Waals surface area contributed by atoms with Crippen LogP contribution in [0.1, 0.15) is 18.0 Å². The summed E-state index contributed by atoms with van der Waals surface area (Å²) in [5.41, 5.74) is 0.974. The summed E-state index contributed by atoms with van der Waals surface area (Å²) >= 11 is 0. The molecule has 6 nitrogen and oxygen atoms in total. The van der Waals surface area contributed by atoms with Crippen LogP contribution in [0.25, 0.3) is 0 Å². The number of ether oxygens (including phenoxy) is 3. The molecule has 0 amide bonds. The van der Waals surface area contributed by atoms with Crippen molar-refractivity contribution < 1.29 is 19.3 Å². The number of halogens is 1. The zero-order valence-electron chi connectivity index (χ0n) is 14.0. The molecule has 0 bridgehead atoms. The Morgan fingerprint density at radius 2 is 1.65 bits per heavy atom. The zero-order valence-corrected chi connectivity index (χ0v) is 14.8. The summed E-state index contributed by atoms with van der Waals surface area (Å²) in [4.78, 5) is 2.36. The van der Waals surface area contributed by atoms with E-state index in [2.05, 4.69) is 10.2 Å². The highest BCUT2D eigenvalue weighted by molar-refractivity contribution is 5.85. The van der Waals surface area contributed by atoms with E-state index in [9.17, 15) is 5.11 Å². The molecule has 0 spiro atoms. The van der Waals surface area contributed by atoms with Gasteiger partial charge < -0.3 is 24.6 Å². The molecule has 0 unspecified atom stereocenters. The second-order valence-electron chi connectivity index (χ2n) is 5.26. The van der Waals surface area contributed by atoms with E-state index in [4.69, 9.17) is 14.2 Å². The van der Waals surface area contributed by atoms with E-state index in [-0.39, 0.29) is 25.1 Å². The van der Waals surface area contributed by atoms with Crippen LogP contribution >= 0.6 is 12.4 Å². The average molecular weight is 347 g/mol. The largest absolute Gasteiger partial charge is 0.496 e. The Hall–Kier alpha value is -1.21. The van der Waals surface area contributed by atoms with Crippen LogP contribution in [-0.4, -0.2) is 64.1 Å². The van der Waals surface area contributed by atoms with Gasteiger partial charge in [0.25, 0.3) is 0 Å². The van der Waals surface area contributed by atoms with Gasteiger partial charge in [-0.25, -0.2) is 0 Å². The summed E-state index contributed by atoms with van der Waals surface area (Å²) in [6.07, 6.45) is 0.638. The average Bonchev–Trinajstić information content (AvgIpc) is 2.59. The lowest BCUT2D eigenvalue weighted by atomic mass is 9.98. The van der Waals surface area contributed by atoms with Crippen LogP contribution in [0.2, 0.25) is 0 Å². The monoisotopic (exact) mass is 346 g/mol. The van der Waals surface area contributed by atoms with E-state index in [0.29, 0.717) is 12.2 Å². The summed E-state index contributed by atoms with van der Waals surface area (Å²) in [5.74, 6) is 2.15. The van der Waals surface area contributed by atoms with Gasteiger partial charge in [-0.15, -0.1) is 12.4 Å². The number of aliphatic hydroxyl groups excluding tert-OH is 1. The van der Waals surface area contributed by atoms with Crippen molar-refractivity contribution in [2.24, 2.45) is 0 Å². The summed E-state index contributed by atoms with van der Waals surface area (Å²) < 4.78 is 16.4. The van der Waals surface area contributed by atoms with Crippen LogP contribution in [0.5, 0.6) is 17.2 Å². The van der Waals surface area contributed by atoms with E-state index in [1.54, 1.807) is 21.3 Å². The minimum absolute atomic E-state index is 0. The number of hydrogen-bond donors (Lipinski definition) is 2. The molecule has 1 atom stereocenters. The first-order chi connectivity index (χ1) is 10.7. The fourth-order valence-corrected chi connectivity index (χ4v) is 2.99. The van der Waals surface area contributed by atoms with E-state index in [1.807, 2.05) is 12.1 Å². The lowest BCUT2D eigenvalue weighted by Crippen LogP contribution is -2.45. The van der Waals surface area contributed by atoms with Gasteiger partial charge in [0.1, 0.15) is 17.2 Å². The lowest BCUT2D eigenvalue weighted by Gasteiger charge is -2.36. The van der Waals surface area contributed by atoms with Gasteiger partial charge in [0.15, 0.2) is 0 Å². The van der Waals surface area contributed by atoms with Crippen LogP contribution < -0.4 is 19.5 Å². The van der Waals surface area contributed by atoms with Gasteiger partial charge in [0, 0.05) is 51.0 Å². The molecule has 23 heavy (non-hydrogen) atoms. The molecule has 1 aliphatic heterocycles. The highest BCUT2D eigenvalue weighted by Crippen LogP contribution is 2.41. The summed E-state index contributed by atoms with van der Waals surface area (Å²) in [7, 11) is 4.91. The van der Waals surface area contributed by atoms with Crippen molar-refractivity contribution in [1.82, 2.24) is 10.2 Å². The lowest BCUT2D eigenvalue weighted by molar-refractivity contribution is 0.136. The Morgan fingerprint density at radius 1 is 1.09 bits per heavy atom. The first-order valence-corrected chi connectivity index (χ1v) is 7.60. The van der Waals surface area contributed by atoms with E-state index in [1.165, 1.54) is 0 Å². The number of piperazine rings is 1. The third-order valence-electron chi connectivity index (χ3n) is 4.08. The van der Waals surface area contributed by atoms with Crippen LogP contribution in [0.3, 0.4) is 0 Å². The molecule has 1 heterocycles. The Morgan fingerprint density at radius 3 is 2.09 bits per heavy atom. The quantitative estimate of drug-likeness (QED) is 0.779. The number of methoxy groups -OCH3 is 3. The van der Waals surface area contributed by atoms with Crippen molar-refractivity contribution in [3.05, 3.63) is 17.7 Å². The number of aliphatic hydroxyl groups is 1. The highest BCUT2D eigenvalue weighted by atomic mass is 35.5. The fourth-order valence-electron chi connectivity index (χ4n) is 2.99. The van der Waals surface area contributed by atoms with Crippen LogP contribution in [0.4, 0.5) is 0 Å². The number of hydrogen-bond acceptors (Lipinski definition) is 6. The molecule has 1 aromatic rings. The molecule has 2 N–H and O–H groups in total. The van der Waals surface area contributed by atoms with Gasteiger partial charge in [0.2, 0.25) is 0 Å². The zero-order chi connectivity index (χ0) is 15.9. The number of nitrogens with one attached hydrogen (secondary N) is 1. The van der Waals surface area contributed by atoms with E-state index in [0.717, 1.165) is 43.2 Å². The minimum Gasteiger partial charge on any atom is -0.496 e. The smallest absolute Gasteiger partial charge is 0.131 e. The van der Waals surface area contributed by atoms with E-state index < -0.39 is 0 Å². The SMILES string of the molecule is COc1cc(OC)c([C@H](CCO)N2CCNCC2)c(OC)c1.Cl. The molecule has 1 saturated heterocycles. The molecule has 2 rings (SSSR count). The highest BCUT2D eigenvalue weighted by Gasteiger charge is 2.28. The van der Waals surface area contributed by atoms with E-state index >= 15 is 0 Å². The molecule has 1 aliphatic rings. The van der Waals surface area contributed by atoms with Crippen molar-refractivity contribution in [3.63, 3.8) is 0 Å². The summed E-state index contributed by atoms with van der Waals surface area (Å²) in [6, 6.07) is 3.79. The minimum atomic E-state index is 0.